The molecule has 1 aromatic carbocycles. The lowest BCUT2D eigenvalue weighted by molar-refractivity contribution is 0.587. The first-order valence-corrected chi connectivity index (χ1v) is 6.99. The van der Waals surface area contributed by atoms with E-state index in [1.165, 1.54) is 25.3 Å². The van der Waals surface area contributed by atoms with Crippen molar-refractivity contribution in [2.24, 2.45) is 0 Å². The number of nitrogens with one attached hydrogen (secondary N) is 1. The second kappa shape index (κ2) is 5.85. The van der Waals surface area contributed by atoms with Gasteiger partial charge in [0.1, 0.15) is 5.82 Å². The van der Waals surface area contributed by atoms with Crippen LogP contribution in [0.25, 0.3) is 11.0 Å². The van der Waals surface area contributed by atoms with E-state index < -0.39 is 5.82 Å². The highest BCUT2D eigenvalue weighted by atomic mass is 35.5. The summed E-state index contributed by atoms with van der Waals surface area (Å²) in [4.78, 5) is 3.02. The van der Waals surface area contributed by atoms with Crippen LogP contribution in [0, 0.1) is 10.6 Å². The lowest BCUT2D eigenvalue weighted by Gasteiger charge is -2.04. The van der Waals surface area contributed by atoms with Crippen LogP contribution in [-0.2, 0) is 6.54 Å². The topological polar surface area (TPSA) is 20.7 Å². The van der Waals surface area contributed by atoms with Crippen LogP contribution < -0.4 is 0 Å². The van der Waals surface area contributed by atoms with Crippen molar-refractivity contribution in [1.82, 2.24) is 9.55 Å². The Labute approximate surface area is 116 Å². The van der Waals surface area contributed by atoms with Crippen molar-refractivity contribution in [1.29, 1.82) is 0 Å². The first-order chi connectivity index (χ1) is 8.63. The second-order valence-electron chi connectivity index (χ2n) is 4.43. The van der Waals surface area contributed by atoms with Crippen molar-refractivity contribution < 1.29 is 4.39 Å². The molecule has 0 aliphatic carbocycles. The van der Waals surface area contributed by atoms with Crippen molar-refractivity contribution >= 4 is 34.9 Å². The molecule has 98 valence electrons. The minimum absolute atomic E-state index is 0.138. The van der Waals surface area contributed by atoms with Gasteiger partial charge >= 0.3 is 0 Å². The SMILES string of the molecule is CCCCCCn1c(=S)[nH]c2cc(F)c(Cl)cc21. The maximum atomic E-state index is 13.3. The fourth-order valence-corrected chi connectivity index (χ4v) is 2.53. The average Bonchev–Trinajstić information content (AvgIpc) is 2.62. The van der Waals surface area contributed by atoms with Crippen molar-refractivity contribution in [3.63, 3.8) is 0 Å². The number of aryl methyl sites for hydroxylation is 1. The zero-order valence-corrected chi connectivity index (χ0v) is 11.9. The molecule has 0 aliphatic heterocycles. The molecule has 0 atom stereocenters. The van der Waals surface area contributed by atoms with Crippen molar-refractivity contribution in [3.05, 3.63) is 27.7 Å². The predicted molar refractivity (Wildman–Crippen MR) is 76.2 cm³/mol. The molecule has 0 saturated carbocycles. The average molecular weight is 287 g/mol. The van der Waals surface area contributed by atoms with Gasteiger partial charge in [0.15, 0.2) is 4.77 Å². The summed E-state index contributed by atoms with van der Waals surface area (Å²) in [6.45, 7) is 3.03. The van der Waals surface area contributed by atoms with E-state index >= 15 is 0 Å². The number of aromatic amines is 1. The molecule has 0 saturated heterocycles. The number of fused-ring (bicyclic) bond motifs is 1. The molecular formula is C13H16ClFN2S. The summed E-state index contributed by atoms with van der Waals surface area (Å²) in [5.74, 6) is -0.418. The molecule has 0 radical (unpaired) electrons. The third-order valence-electron chi connectivity index (χ3n) is 3.05. The van der Waals surface area contributed by atoms with Gasteiger partial charge in [-0.25, -0.2) is 4.39 Å². The lowest BCUT2D eigenvalue weighted by atomic mass is 10.2. The largest absolute Gasteiger partial charge is 0.330 e. The highest BCUT2D eigenvalue weighted by Gasteiger charge is 2.08. The number of hydrogen-bond acceptors (Lipinski definition) is 1. The van der Waals surface area contributed by atoms with Crippen LogP contribution >= 0.6 is 23.8 Å². The van der Waals surface area contributed by atoms with E-state index in [0.29, 0.717) is 10.3 Å². The molecule has 0 fully saturated rings. The van der Waals surface area contributed by atoms with Gasteiger partial charge in [-0.05, 0) is 24.7 Å². The molecule has 1 N–H and O–H groups in total. The van der Waals surface area contributed by atoms with Gasteiger partial charge < -0.3 is 9.55 Å². The Balaban J connectivity index is 2.29. The van der Waals surface area contributed by atoms with E-state index in [1.54, 1.807) is 6.07 Å². The van der Waals surface area contributed by atoms with Gasteiger partial charge in [0.25, 0.3) is 0 Å². The van der Waals surface area contributed by atoms with E-state index in [1.807, 2.05) is 4.57 Å². The minimum atomic E-state index is -0.418. The van der Waals surface area contributed by atoms with Crippen LogP contribution in [-0.4, -0.2) is 9.55 Å². The molecular weight excluding hydrogens is 271 g/mol. The van der Waals surface area contributed by atoms with Gasteiger partial charge in [-0.3, -0.25) is 0 Å². The van der Waals surface area contributed by atoms with E-state index in [2.05, 4.69) is 11.9 Å². The summed E-state index contributed by atoms with van der Waals surface area (Å²) < 4.78 is 16.0. The van der Waals surface area contributed by atoms with Crippen LogP contribution in [0.2, 0.25) is 5.02 Å². The molecule has 2 aromatic rings. The normalized spacial score (nSPS) is 11.3. The quantitative estimate of drug-likeness (QED) is 0.601. The number of nitrogens with zero attached hydrogens (tertiary/aromatic N) is 1. The van der Waals surface area contributed by atoms with Crippen molar-refractivity contribution in [2.45, 2.75) is 39.2 Å². The lowest BCUT2D eigenvalue weighted by Crippen LogP contribution is -1.98. The number of unbranched alkanes of at least 4 members (excludes halogenated alkanes) is 3. The summed E-state index contributed by atoms with van der Waals surface area (Å²) in [5.41, 5.74) is 1.58. The Morgan fingerprint density at radius 2 is 2.11 bits per heavy atom. The Morgan fingerprint density at radius 1 is 1.33 bits per heavy atom. The Hall–Kier alpha value is -0.870. The molecule has 0 spiro atoms. The molecule has 2 nitrogen and oxygen atoms in total. The summed E-state index contributed by atoms with van der Waals surface area (Å²) in [6, 6.07) is 3.04. The number of rotatable bonds is 5. The highest BCUT2D eigenvalue weighted by Crippen LogP contribution is 2.23. The highest BCUT2D eigenvalue weighted by molar-refractivity contribution is 7.71. The van der Waals surface area contributed by atoms with Gasteiger partial charge in [-0.1, -0.05) is 37.8 Å². The van der Waals surface area contributed by atoms with Gasteiger partial charge in [0.05, 0.1) is 16.1 Å². The molecule has 2 rings (SSSR count). The van der Waals surface area contributed by atoms with Crippen LogP contribution in [0.4, 0.5) is 4.39 Å². The van der Waals surface area contributed by atoms with Gasteiger partial charge in [0, 0.05) is 12.6 Å². The van der Waals surface area contributed by atoms with Crippen LogP contribution in [0.1, 0.15) is 32.6 Å². The zero-order valence-electron chi connectivity index (χ0n) is 10.3. The third-order valence-corrected chi connectivity index (χ3v) is 3.66. The number of halogens is 2. The summed E-state index contributed by atoms with van der Waals surface area (Å²) >= 11 is 11.1. The molecule has 5 heteroatoms. The number of H-pyrrole nitrogens is 1. The molecule has 0 amide bonds. The number of hydrogen-bond donors (Lipinski definition) is 1. The maximum Gasteiger partial charge on any atom is 0.178 e. The standard InChI is InChI=1S/C13H16ClFN2S/c1-2-3-4-5-6-17-12-7-9(14)10(15)8-11(12)16-13(17)18/h7-8H,2-6H2,1H3,(H,16,18). The predicted octanol–water partition coefficient (Wildman–Crippen LogP) is 5.07. The molecule has 0 aliphatic rings. The fraction of sp³-hybridized carbons (Fsp3) is 0.462. The van der Waals surface area contributed by atoms with E-state index in [4.69, 9.17) is 23.8 Å². The molecule has 0 bridgehead atoms. The van der Waals surface area contributed by atoms with Crippen LogP contribution in [0.15, 0.2) is 12.1 Å². The summed E-state index contributed by atoms with van der Waals surface area (Å²) in [5, 5.41) is 0.138. The van der Waals surface area contributed by atoms with Crippen molar-refractivity contribution in [2.75, 3.05) is 0 Å². The number of aromatic nitrogens is 2. The molecule has 0 unspecified atom stereocenters. The third kappa shape index (κ3) is 2.75. The minimum Gasteiger partial charge on any atom is -0.330 e. The maximum absolute atomic E-state index is 13.3. The van der Waals surface area contributed by atoms with Gasteiger partial charge in [0.2, 0.25) is 0 Å². The fourth-order valence-electron chi connectivity index (χ4n) is 2.07. The van der Waals surface area contributed by atoms with E-state index in [0.717, 1.165) is 18.5 Å². The zero-order chi connectivity index (χ0) is 13.1. The first-order valence-electron chi connectivity index (χ1n) is 6.21. The second-order valence-corrected chi connectivity index (χ2v) is 5.22. The van der Waals surface area contributed by atoms with Gasteiger partial charge in [-0.2, -0.15) is 0 Å². The van der Waals surface area contributed by atoms with E-state index in [-0.39, 0.29) is 5.02 Å². The smallest absolute Gasteiger partial charge is 0.178 e. The number of benzene rings is 1. The summed E-state index contributed by atoms with van der Waals surface area (Å²) in [6.07, 6.45) is 4.69. The van der Waals surface area contributed by atoms with Gasteiger partial charge in [-0.15, -0.1) is 0 Å². The Kier molecular flexibility index (Phi) is 4.40. The monoisotopic (exact) mass is 286 g/mol. The van der Waals surface area contributed by atoms with Crippen LogP contribution in [0.5, 0.6) is 0 Å². The van der Waals surface area contributed by atoms with E-state index in [9.17, 15) is 4.39 Å². The van der Waals surface area contributed by atoms with Crippen LogP contribution in [0.3, 0.4) is 0 Å². The Morgan fingerprint density at radius 3 is 2.83 bits per heavy atom. The first kappa shape index (κ1) is 13.6. The number of imidazole rings is 1. The summed E-state index contributed by atoms with van der Waals surface area (Å²) in [7, 11) is 0. The Bertz CT molecular complexity index is 603. The molecule has 18 heavy (non-hydrogen) atoms. The molecule has 1 aromatic heterocycles. The molecule has 1 heterocycles. The van der Waals surface area contributed by atoms with Crippen molar-refractivity contribution in [3.8, 4) is 0 Å².